The summed E-state index contributed by atoms with van der Waals surface area (Å²) in [5, 5.41) is 8.87. The molecular formula is C28H32N8O. The van der Waals surface area contributed by atoms with E-state index in [4.69, 9.17) is 0 Å². The quantitative estimate of drug-likeness (QED) is 0.363. The molecule has 0 aliphatic carbocycles. The zero-order chi connectivity index (χ0) is 25.8. The minimum Gasteiger partial charge on any atom is -0.339 e. The minimum absolute atomic E-state index is 0.0877. The van der Waals surface area contributed by atoms with Gasteiger partial charge < -0.3 is 9.80 Å². The van der Waals surface area contributed by atoms with Crippen molar-refractivity contribution in [3.05, 3.63) is 73.6 Å². The van der Waals surface area contributed by atoms with E-state index in [-0.39, 0.29) is 11.9 Å². The molecule has 4 aromatic rings. The van der Waals surface area contributed by atoms with Crippen LogP contribution in [0.5, 0.6) is 0 Å². The molecule has 5 rings (SSSR count). The SMILES string of the molecule is CN(C)C/C=C/C(=O)N1CCC(n2cc(-c3cnc(-c4cccc(-c5cnn(C)c5)c4)nc3)cn2)CC1. The van der Waals surface area contributed by atoms with Crippen LogP contribution in [-0.4, -0.2) is 79.0 Å². The third-order valence-corrected chi connectivity index (χ3v) is 6.63. The fourth-order valence-corrected chi connectivity index (χ4v) is 4.54. The third kappa shape index (κ3) is 5.83. The highest BCUT2D eigenvalue weighted by molar-refractivity contribution is 5.87. The number of aromatic nitrogens is 6. The molecule has 1 amide bonds. The van der Waals surface area contributed by atoms with Crippen LogP contribution in [0.2, 0.25) is 0 Å². The summed E-state index contributed by atoms with van der Waals surface area (Å²) in [4.78, 5) is 25.6. The Morgan fingerprint density at radius 1 is 0.946 bits per heavy atom. The van der Waals surface area contributed by atoms with Gasteiger partial charge in [-0.1, -0.05) is 24.3 Å². The highest BCUT2D eigenvalue weighted by Crippen LogP contribution is 2.27. The lowest BCUT2D eigenvalue weighted by Gasteiger charge is -2.31. The second-order valence-electron chi connectivity index (χ2n) is 9.71. The Bertz CT molecular complexity index is 1380. The molecule has 9 nitrogen and oxygen atoms in total. The van der Waals surface area contributed by atoms with Crippen LogP contribution in [0, 0.1) is 0 Å². The van der Waals surface area contributed by atoms with Crippen molar-refractivity contribution in [2.45, 2.75) is 18.9 Å². The molecule has 190 valence electrons. The van der Waals surface area contributed by atoms with E-state index < -0.39 is 0 Å². The molecule has 0 bridgehead atoms. The van der Waals surface area contributed by atoms with E-state index in [1.54, 1.807) is 10.8 Å². The van der Waals surface area contributed by atoms with Crippen molar-refractivity contribution in [3.63, 3.8) is 0 Å². The molecule has 4 heterocycles. The standard InChI is InChI=1S/C28H32N8O/c1-33(2)11-5-8-27(37)35-12-9-26(10-13-35)36-20-25(18-32-36)23-15-29-28(30-16-23)22-7-4-6-21(14-22)24-17-31-34(3)19-24/h4-8,14-20,26H,9-13H2,1-3H3/b8-5+. The second-order valence-corrected chi connectivity index (χ2v) is 9.71. The van der Waals surface area contributed by atoms with Gasteiger partial charge >= 0.3 is 0 Å². The monoisotopic (exact) mass is 496 g/mol. The first kappa shape index (κ1) is 24.6. The van der Waals surface area contributed by atoms with E-state index in [9.17, 15) is 4.79 Å². The number of hydrogen-bond donors (Lipinski definition) is 0. The van der Waals surface area contributed by atoms with Gasteiger partial charge in [0.05, 0.1) is 18.4 Å². The lowest BCUT2D eigenvalue weighted by molar-refractivity contribution is -0.127. The molecular weight excluding hydrogens is 464 g/mol. The van der Waals surface area contributed by atoms with E-state index in [0.717, 1.165) is 60.3 Å². The molecule has 3 aromatic heterocycles. The molecule has 1 saturated heterocycles. The number of piperidine rings is 1. The van der Waals surface area contributed by atoms with Crippen LogP contribution in [0.3, 0.4) is 0 Å². The number of carbonyl (C=O) groups is 1. The lowest BCUT2D eigenvalue weighted by Crippen LogP contribution is -2.38. The molecule has 0 unspecified atom stereocenters. The number of rotatable bonds is 7. The number of aryl methyl sites for hydroxylation is 1. The smallest absolute Gasteiger partial charge is 0.246 e. The van der Waals surface area contributed by atoms with Gasteiger partial charge in [-0.3, -0.25) is 14.2 Å². The van der Waals surface area contributed by atoms with Crippen LogP contribution in [-0.2, 0) is 11.8 Å². The topological polar surface area (TPSA) is 85.0 Å². The van der Waals surface area contributed by atoms with Gasteiger partial charge in [-0.05, 0) is 38.6 Å². The van der Waals surface area contributed by atoms with E-state index in [0.29, 0.717) is 5.82 Å². The predicted octanol–water partition coefficient (Wildman–Crippen LogP) is 3.69. The molecule has 1 aliphatic heterocycles. The number of nitrogens with zero attached hydrogens (tertiary/aromatic N) is 8. The Morgan fingerprint density at radius 3 is 2.35 bits per heavy atom. The lowest BCUT2D eigenvalue weighted by atomic mass is 10.0. The van der Waals surface area contributed by atoms with Crippen LogP contribution in [0.1, 0.15) is 18.9 Å². The second kappa shape index (κ2) is 10.9. The molecule has 0 N–H and O–H groups in total. The van der Waals surface area contributed by atoms with Crippen molar-refractivity contribution >= 4 is 5.91 Å². The van der Waals surface area contributed by atoms with Gasteiger partial charge in [0.15, 0.2) is 5.82 Å². The van der Waals surface area contributed by atoms with Crippen molar-refractivity contribution in [1.29, 1.82) is 0 Å². The Balaban J connectivity index is 1.22. The highest BCUT2D eigenvalue weighted by Gasteiger charge is 2.23. The zero-order valence-electron chi connectivity index (χ0n) is 21.5. The fraction of sp³-hybridized carbons (Fsp3) is 0.321. The normalized spacial score (nSPS) is 14.6. The Labute approximate surface area is 217 Å². The van der Waals surface area contributed by atoms with Crippen LogP contribution in [0.4, 0.5) is 0 Å². The molecule has 9 heteroatoms. The number of amides is 1. The number of likely N-dealkylation sites (N-methyl/N-ethyl adjacent to an activating group) is 1. The predicted molar refractivity (Wildman–Crippen MR) is 143 cm³/mol. The average molecular weight is 497 g/mol. The van der Waals surface area contributed by atoms with Gasteiger partial charge in [0.25, 0.3) is 0 Å². The Kier molecular flexibility index (Phi) is 7.23. The van der Waals surface area contributed by atoms with Gasteiger partial charge in [-0.2, -0.15) is 10.2 Å². The van der Waals surface area contributed by atoms with Crippen LogP contribution in [0.15, 0.2) is 73.6 Å². The number of hydrogen-bond acceptors (Lipinski definition) is 6. The van der Waals surface area contributed by atoms with Crippen molar-refractivity contribution in [1.82, 2.24) is 39.3 Å². The van der Waals surface area contributed by atoms with Crippen molar-refractivity contribution in [3.8, 4) is 33.6 Å². The van der Waals surface area contributed by atoms with E-state index in [1.165, 1.54) is 0 Å². The first-order valence-corrected chi connectivity index (χ1v) is 12.5. The molecule has 1 fully saturated rings. The van der Waals surface area contributed by atoms with Gasteiger partial charge in [0.2, 0.25) is 5.91 Å². The van der Waals surface area contributed by atoms with Gasteiger partial charge in [-0.15, -0.1) is 0 Å². The van der Waals surface area contributed by atoms with Gasteiger partial charge in [0, 0.05) is 79.8 Å². The molecule has 0 radical (unpaired) electrons. The van der Waals surface area contributed by atoms with Crippen LogP contribution < -0.4 is 0 Å². The Morgan fingerprint density at radius 2 is 1.65 bits per heavy atom. The maximum absolute atomic E-state index is 12.4. The fourth-order valence-electron chi connectivity index (χ4n) is 4.54. The largest absolute Gasteiger partial charge is 0.339 e. The molecule has 0 saturated carbocycles. The maximum Gasteiger partial charge on any atom is 0.246 e. The first-order valence-electron chi connectivity index (χ1n) is 12.5. The summed E-state index contributed by atoms with van der Waals surface area (Å²) < 4.78 is 3.81. The molecule has 1 aromatic carbocycles. The van der Waals surface area contributed by atoms with Crippen LogP contribution in [0.25, 0.3) is 33.6 Å². The minimum atomic E-state index is 0.0877. The van der Waals surface area contributed by atoms with Gasteiger partial charge in [0.1, 0.15) is 0 Å². The van der Waals surface area contributed by atoms with E-state index >= 15 is 0 Å². The van der Waals surface area contributed by atoms with Gasteiger partial charge in [-0.25, -0.2) is 9.97 Å². The number of benzene rings is 1. The molecule has 0 atom stereocenters. The summed E-state index contributed by atoms with van der Waals surface area (Å²) >= 11 is 0. The summed E-state index contributed by atoms with van der Waals surface area (Å²) in [7, 11) is 5.89. The molecule has 0 spiro atoms. The number of carbonyl (C=O) groups excluding carboxylic acids is 1. The Hall–Kier alpha value is -4.11. The summed E-state index contributed by atoms with van der Waals surface area (Å²) in [6, 6.07) is 8.45. The van der Waals surface area contributed by atoms with Crippen molar-refractivity contribution < 1.29 is 4.79 Å². The van der Waals surface area contributed by atoms with Crippen LogP contribution >= 0.6 is 0 Å². The third-order valence-electron chi connectivity index (χ3n) is 6.63. The summed E-state index contributed by atoms with van der Waals surface area (Å²) in [5.41, 5.74) is 5.01. The summed E-state index contributed by atoms with van der Waals surface area (Å²) in [5.74, 6) is 0.767. The maximum atomic E-state index is 12.4. The first-order chi connectivity index (χ1) is 18.0. The summed E-state index contributed by atoms with van der Waals surface area (Å²) in [6.07, 6.45) is 16.8. The van der Waals surface area contributed by atoms with Crippen molar-refractivity contribution in [2.24, 2.45) is 7.05 Å². The number of likely N-dealkylation sites (tertiary alicyclic amines) is 1. The average Bonchev–Trinajstić information content (AvgIpc) is 3.58. The summed E-state index contributed by atoms with van der Waals surface area (Å²) in [6.45, 7) is 2.24. The van der Waals surface area contributed by atoms with E-state index in [1.807, 2.05) is 84.8 Å². The molecule has 1 aliphatic rings. The zero-order valence-corrected chi connectivity index (χ0v) is 21.5. The van der Waals surface area contributed by atoms with E-state index in [2.05, 4.69) is 38.5 Å². The highest BCUT2D eigenvalue weighted by atomic mass is 16.2. The van der Waals surface area contributed by atoms with Crippen molar-refractivity contribution in [2.75, 3.05) is 33.7 Å². The molecule has 37 heavy (non-hydrogen) atoms.